The number of likely N-dealkylation sites (tertiary alicyclic amines) is 2. The van der Waals surface area contributed by atoms with Gasteiger partial charge in [0.1, 0.15) is 0 Å². The topological polar surface area (TPSA) is 66.7 Å². The Balaban J connectivity index is 1.72. The SMILES string of the molecule is O=C(c1noc(C(=O)N2CCCCC2)c1-c1ccccc1)N1CCCCC1. The van der Waals surface area contributed by atoms with E-state index in [1.807, 2.05) is 40.1 Å². The van der Waals surface area contributed by atoms with Crippen LogP contribution >= 0.6 is 0 Å². The van der Waals surface area contributed by atoms with E-state index in [2.05, 4.69) is 5.16 Å². The minimum atomic E-state index is -0.168. The van der Waals surface area contributed by atoms with Gasteiger partial charge in [-0.1, -0.05) is 35.5 Å². The number of nitrogens with zero attached hydrogens (tertiary/aromatic N) is 3. The van der Waals surface area contributed by atoms with Crippen molar-refractivity contribution in [2.45, 2.75) is 38.5 Å². The van der Waals surface area contributed by atoms with Gasteiger partial charge in [-0.2, -0.15) is 0 Å². The molecule has 3 heterocycles. The first-order chi connectivity index (χ1) is 13.3. The van der Waals surface area contributed by atoms with E-state index in [4.69, 9.17) is 4.52 Å². The summed E-state index contributed by atoms with van der Waals surface area (Å²) in [5.41, 5.74) is 1.57. The maximum absolute atomic E-state index is 13.1. The van der Waals surface area contributed by atoms with Crippen LogP contribution in [-0.2, 0) is 0 Å². The van der Waals surface area contributed by atoms with Crippen LogP contribution in [-0.4, -0.2) is 52.9 Å². The smallest absolute Gasteiger partial charge is 0.293 e. The summed E-state index contributed by atoms with van der Waals surface area (Å²) >= 11 is 0. The van der Waals surface area contributed by atoms with E-state index >= 15 is 0 Å². The third-order valence-corrected chi connectivity index (χ3v) is 5.44. The minimum Gasteiger partial charge on any atom is -0.350 e. The summed E-state index contributed by atoms with van der Waals surface area (Å²) in [6.07, 6.45) is 6.30. The summed E-state index contributed by atoms with van der Waals surface area (Å²) in [6, 6.07) is 9.49. The molecule has 0 radical (unpaired) electrons. The second-order valence-electron chi connectivity index (χ2n) is 7.31. The van der Waals surface area contributed by atoms with Crippen LogP contribution < -0.4 is 0 Å². The molecule has 2 aliphatic rings. The molecule has 2 fully saturated rings. The van der Waals surface area contributed by atoms with Gasteiger partial charge in [0.05, 0.1) is 5.56 Å². The first-order valence-corrected chi connectivity index (χ1v) is 9.89. The van der Waals surface area contributed by atoms with Crippen LogP contribution in [0.25, 0.3) is 11.1 Å². The molecule has 4 rings (SSSR count). The van der Waals surface area contributed by atoms with Crippen molar-refractivity contribution in [1.82, 2.24) is 15.0 Å². The monoisotopic (exact) mass is 367 g/mol. The van der Waals surface area contributed by atoms with Crippen LogP contribution in [0, 0.1) is 0 Å². The third kappa shape index (κ3) is 3.61. The van der Waals surface area contributed by atoms with Crippen molar-refractivity contribution in [3.63, 3.8) is 0 Å². The summed E-state index contributed by atoms with van der Waals surface area (Å²) in [7, 11) is 0. The lowest BCUT2D eigenvalue weighted by Gasteiger charge is -2.26. The predicted molar refractivity (Wildman–Crippen MR) is 101 cm³/mol. The zero-order valence-electron chi connectivity index (χ0n) is 15.5. The van der Waals surface area contributed by atoms with E-state index < -0.39 is 0 Å². The van der Waals surface area contributed by atoms with Crippen molar-refractivity contribution in [3.8, 4) is 11.1 Å². The highest BCUT2D eigenvalue weighted by molar-refractivity contribution is 6.06. The first kappa shape index (κ1) is 17.8. The van der Waals surface area contributed by atoms with Gasteiger partial charge in [0.15, 0.2) is 5.69 Å². The van der Waals surface area contributed by atoms with Gasteiger partial charge in [0, 0.05) is 26.2 Å². The lowest BCUT2D eigenvalue weighted by Crippen LogP contribution is -2.36. The zero-order chi connectivity index (χ0) is 18.6. The van der Waals surface area contributed by atoms with Crippen molar-refractivity contribution in [2.24, 2.45) is 0 Å². The minimum absolute atomic E-state index is 0.144. The molecule has 0 atom stereocenters. The number of hydrogen-bond acceptors (Lipinski definition) is 4. The van der Waals surface area contributed by atoms with Crippen LogP contribution in [0.4, 0.5) is 0 Å². The highest BCUT2D eigenvalue weighted by Crippen LogP contribution is 2.30. The number of carbonyl (C=O) groups is 2. The molecular weight excluding hydrogens is 342 g/mol. The highest BCUT2D eigenvalue weighted by Gasteiger charge is 2.32. The molecule has 6 nitrogen and oxygen atoms in total. The number of rotatable bonds is 3. The lowest BCUT2D eigenvalue weighted by atomic mass is 10.0. The number of piperidine rings is 2. The largest absolute Gasteiger partial charge is 0.350 e. The molecule has 2 amide bonds. The van der Waals surface area contributed by atoms with Crippen molar-refractivity contribution in [2.75, 3.05) is 26.2 Å². The standard InChI is InChI=1S/C21H25N3O3/c25-20(23-12-6-2-7-13-23)18-17(16-10-4-1-5-11-16)19(27-22-18)21(26)24-14-8-3-9-15-24/h1,4-5,10-11H,2-3,6-9,12-15H2. The van der Waals surface area contributed by atoms with Crippen molar-refractivity contribution < 1.29 is 14.1 Å². The van der Waals surface area contributed by atoms with E-state index in [0.29, 0.717) is 5.56 Å². The fourth-order valence-electron chi connectivity index (χ4n) is 3.94. The Morgan fingerprint density at radius 2 is 1.33 bits per heavy atom. The highest BCUT2D eigenvalue weighted by atomic mass is 16.5. The fraction of sp³-hybridized carbons (Fsp3) is 0.476. The second kappa shape index (κ2) is 7.94. The molecule has 6 heteroatoms. The number of amides is 2. The van der Waals surface area contributed by atoms with Gasteiger partial charge < -0.3 is 14.3 Å². The summed E-state index contributed by atoms with van der Waals surface area (Å²) in [6.45, 7) is 2.91. The van der Waals surface area contributed by atoms with Gasteiger partial charge in [-0.3, -0.25) is 9.59 Å². The van der Waals surface area contributed by atoms with E-state index in [1.54, 1.807) is 0 Å². The first-order valence-electron chi connectivity index (χ1n) is 9.89. The molecule has 0 spiro atoms. The van der Waals surface area contributed by atoms with Crippen LogP contribution in [0.5, 0.6) is 0 Å². The Labute approximate surface area is 159 Å². The van der Waals surface area contributed by atoms with Gasteiger partial charge >= 0.3 is 0 Å². The average molecular weight is 367 g/mol. The predicted octanol–water partition coefficient (Wildman–Crippen LogP) is 3.59. The second-order valence-corrected chi connectivity index (χ2v) is 7.31. The number of hydrogen-bond donors (Lipinski definition) is 0. The zero-order valence-corrected chi connectivity index (χ0v) is 15.5. The maximum atomic E-state index is 13.1. The lowest BCUT2D eigenvalue weighted by molar-refractivity contribution is 0.0675. The molecule has 1 aromatic heterocycles. The number of aromatic nitrogens is 1. The summed E-state index contributed by atoms with van der Waals surface area (Å²) in [4.78, 5) is 29.8. The molecule has 27 heavy (non-hydrogen) atoms. The van der Waals surface area contributed by atoms with Crippen LogP contribution in [0.2, 0.25) is 0 Å². The number of carbonyl (C=O) groups excluding carboxylic acids is 2. The Morgan fingerprint density at radius 3 is 1.93 bits per heavy atom. The molecule has 2 aliphatic heterocycles. The average Bonchev–Trinajstić information content (AvgIpc) is 3.19. The number of benzene rings is 1. The summed E-state index contributed by atoms with van der Waals surface area (Å²) in [5.74, 6) is -0.128. The molecule has 2 saturated heterocycles. The Bertz CT molecular complexity index is 756. The third-order valence-electron chi connectivity index (χ3n) is 5.44. The van der Waals surface area contributed by atoms with E-state index in [9.17, 15) is 9.59 Å². The van der Waals surface area contributed by atoms with Crippen molar-refractivity contribution in [1.29, 1.82) is 0 Å². The van der Waals surface area contributed by atoms with Gasteiger partial charge in [-0.05, 0) is 44.1 Å². The summed E-state index contributed by atoms with van der Waals surface area (Å²) in [5, 5.41) is 4.07. The summed E-state index contributed by atoms with van der Waals surface area (Å²) < 4.78 is 5.49. The van der Waals surface area contributed by atoms with Gasteiger partial charge in [0.25, 0.3) is 11.8 Å². The van der Waals surface area contributed by atoms with Crippen molar-refractivity contribution in [3.05, 3.63) is 41.8 Å². The van der Waals surface area contributed by atoms with Crippen LogP contribution in [0.1, 0.15) is 59.6 Å². The molecule has 0 aliphatic carbocycles. The molecule has 142 valence electrons. The van der Waals surface area contributed by atoms with Gasteiger partial charge in [-0.15, -0.1) is 0 Å². The van der Waals surface area contributed by atoms with E-state index in [1.165, 1.54) is 0 Å². The van der Waals surface area contributed by atoms with Crippen LogP contribution in [0.3, 0.4) is 0 Å². The maximum Gasteiger partial charge on any atom is 0.293 e. The van der Waals surface area contributed by atoms with Gasteiger partial charge in [0.2, 0.25) is 5.76 Å². The molecule has 0 saturated carbocycles. The van der Waals surface area contributed by atoms with Crippen molar-refractivity contribution >= 4 is 11.8 Å². The Kier molecular flexibility index (Phi) is 5.23. The molecule has 1 aromatic carbocycles. The van der Waals surface area contributed by atoms with Gasteiger partial charge in [-0.25, -0.2) is 0 Å². The normalized spacial score (nSPS) is 17.8. The molecule has 0 unspecified atom stereocenters. The van der Waals surface area contributed by atoms with E-state index in [-0.39, 0.29) is 23.3 Å². The fourth-order valence-corrected chi connectivity index (χ4v) is 3.94. The molecule has 0 N–H and O–H groups in total. The van der Waals surface area contributed by atoms with Crippen LogP contribution in [0.15, 0.2) is 34.9 Å². The molecule has 0 bridgehead atoms. The quantitative estimate of drug-likeness (QED) is 0.831. The van der Waals surface area contributed by atoms with E-state index in [0.717, 1.165) is 70.3 Å². The Hall–Kier alpha value is -2.63. The molecular formula is C21H25N3O3. The molecule has 2 aromatic rings. The Morgan fingerprint density at radius 1 is 0.778 bits per heavy atom.